The summed E-state index contributed by atoms with van der Waals surface area (Å²) in [7, 11) is 0. The molecule has 0 radical (unpaired) electrons. The number of nitrogens with zero attached hydrogens (tertiary/aromatic N) is 1. The van der Waals surface area contributed by atoms with Gasteiger partial charge in [-0.1, -0.05) is 29.8 Å². The number of aromatic nitrogens is 1. The molecular weight excluding hydrogens is 320 g/mol. The molecule has 112 valence electrons. The van der Waals surface area contributed by atoms with E-state index in [2.05, 4.69) is 4.98 Å². The predicted octanol–water partition coefficient (Wildman–Crippen LogP) is 5.44. The molecule has 1 aromatic heterocycles. The number of pyridine rings is 1. The normalized spacial score (nSPS) is 12.5. The first-order valence-corrected chi connectivity index (χ1v) is 5.88. The number of rotatable bonds is 1. The molecule has 21 heavy (non-hydrogen) atoms. The maximum atomic E-state index is 12.9. The lowest BCUT2D eigenvalue weighted by Crippen LogP contribution is -2.09. The van der Waals surface area contributed by atoms with E-state index in [4.69, 9.17) is 11.6 Å². The molecule has 1 nitrogen and oxygen atoms in total. The molecule has 0 N–H and O–H groups in total. The van der Waals surface area contributed by atoms with E-state index in [1.165, 1.54) is 6.07 Å². The van der Waals surface area contributed by atoms with Crippen molar-refractivity contribution in [2.75, 3.05) is 0 Å². The van der Waals surface area contributed by atoms with Crippen LogP contribution in [0.4, 0.5) is 26.3 Å². The summed E-state index contributed by atoms with van der Waals surface area (Å²) in [5.41, 5.74) is -3.11. The first kappa shape index (κ1) is 15.6. The zero-order valence-electron chi connectivity index (χ0n) is 10.1. The summed E-state index contributed by atoms with van der Waals surface area (Å²) in [5, 5.41) is -0.431. The first-order chi connectivity index (χ1) is 9.60. The predicted molar refractivity (Wildman–Crippen MR) is 64.7 cm³/mol. The SMILES string of the molecule is FC(F)(F)c1cnc(Cl)c(-c2ccccc2C(F)(F)F)c1. The third-order valence-corrected chi connectivity index (χ3v) is 2.99. The summed E-state index contributed by atoms with van der Waals surface area (Å²) in [5.74, 6) is 0. The van der Waals surface area contributed by atoms with Crippen molar-refractivity contribution in [3.8, 4) is 11.1 Å². The zero-order valence-corrected chi connectivity index (χ0v) is 10.8. The molecular formula is C13H6ClF6N. The molecule has 2 rings (SSSR count). The van der Waals surface area contributed by atoms with Crippen molar-refractivity contribution in [2.24, 2.45) is 0 Å². The van der Waals surface area contributed by atoms with E-state index >= 15 is 0 Å². The lowest BCUT2D eigenvalue weighted by molar-refractivity contribution is -0.138. The minimum absolute atomic E-state index is 0.417. The average Bonchev–Trinajstić information content (AvgIpc) is 2.37. The number of halogens is 7. The highest BCUT2D eigenvalue weighted by molar-refractivity contribution is 6.32. The summed E-state index contributed by atoms with van der Waals surface area (Å²) >= 11 is 5.66. The van der Waals surface area contributed by atoms with Crippen molar-refractivity contribution in [1.29, 1.82) is 0 Å². The molecule has 0 amide bonds. The largest absolute Gasteiger partial charge is 0.417 e. The molecule has 0 saturated carbocycles. The van der Waals surface area contributed by atoms with Crippen LogP contribution in [0, 0.1) is 0 Å². The molecule has 1 heterocycles. The Labute approximate surface area is 120 Å². The van der Waals surface area contributed by atoms with Crippen LogP contribution in [-0.2, 0) is 12.4 Å². The van der Waals surface area contributed by atoms with Crippen molar-refractivity contribution in [3.63, 3.8) is 0 Å². The van der Waals surface area contributed by atoms with E-state index in [0.29, 0.717) is 12.3 Å². The standard InChI is InChI=1S/C13H6ClF6N/c14-11-9(5-7(6-21-11)12(15,16)17)8-3-1-2-4-10(8)13(18,19)20/h1-6H. The van der Waals surface area contributed by atoms with Crippen LogP contribution >= 0.6 is 11.6 Å². The number of hydrogen-bond donors (Lipinski definition) is 0. The van der Waals surface area contributed by atoms with E-state index in [0.717, 1.165) is 18.2 Å². The highest BCUT2D eigenvalue weighted by atomic mass is 35.5. The third-order valence-electron chi connectivity index (χ3n) is 2.69. The van der Waals surface area contributed by atoms with Crippen LogP contribution in [0.15, 0.2) is 36.5 Å². The van der Waals surface area contributed by atoms with Crippen molar-refractivity contribution in [1.82, 2.24) is 4.98 Å². The molecule has 0 bridgehead atoms. The van der Waals surface area contributed by atoms with Crippen molar-refractivity contribution >= 4 is 11.6 Å². The Morgan fingerprint density at radius 2 is 1.48 bits per heavy atom. The smallest absolute Gasteiger partial charge is 0.243 e. The van der Waals surface area contributed by atoms with E-state index in [-0.39, 0.29) is 0 Å². The lowest BCUT2D eigenvalue weighted by Gasteiger charge is -2.15. The van der Waals surface area contributed by atoms with E-state index in [9.17, 15) is 26.3 Å². The Balaban J connectivity index is 2.68. The maximum absolute atomic E-state index is 12.9. The molecule has 2 aromatic rings. The van der Waals surface area contributed by atoms with Gasteiger partial charge in [0.25, 0.3) is 0 Å². The Morgan fingerprint density at radius 1 is 0.857 bits per heavy atom. The number of alkyl halides is 6. The van der Waals surface area contributed by atoms with E-state index in [1.54, 1.807) is 0 Å². The molecule has 0 atom stereocenters. The molecule has 0 aliphatic carbocycles. The van der Waals surface area contributed by atoms with Crippen LogP contribution in [-0.4, -0.2) is 4.98 Å². The van der Waals surface area contributed by atoms with Gasteiger partial charge in [0.05, 0.1) is 11.1 Å². The Kier molecular flexibility index (Phi) is 3.88. The Morgan fingerprint density at radius 3 is 2.05 bits per heavy atom. The fourth-order valence-electron chi connectivity index (χ4n) is 1.76. The Bertz CT molecular complexity index is 662. The fraction of sp³-hybridized carbons (Fsp3) is 0.154. The maximum Gasteiger partial charge on any atom is 0.417 e. The topological polar surface area (TPSA) is 12.9 Å². The van der Waals surface area contributed by atoms with Gasteiger partial charge in [0.2, 0.25) is 0 Å². The molecule has 0 spiro atoms. The number of benzene rings is 1. The first-order valence-electron chi connectivity index (χ1n) is 5.50. The van der Waals surface area contributed by atoms with E-state index in [1.807, 2.05) is 0 Å². The Hall–Kier alpha value is -1.76. The van der Waals surface area contributed by atoms with Gasteiger partial charge in [-0.25, -0.2) is 4.98 Å². The quantitative estimate of drug-likeness (QED) is 0.502. The summed E-state index contributed by atoms with van der Waals surface area (Å²) in [6, 6.07) is 4.79. The molecule has 0 unspecified atom stereocenters. The van der Waals surface area contributed by atoms with Gasteiger partial charge in [-0.15, -0.1) is 0 Å². The van der Waals surface area contributed by atoms with Crippen molar-refractivity contribution in [2.45, 2.75) is 12.4 Å². The molecule has 0 aliphatic heterocycles. The summed E-state index contributed by atoms with van der Waals surface area (Å²) in [6.07, 6.45) is -8.96. The van der Waals surface area contributed by atoms with Gasteiger partial charge < -0.3 is 0 Å². The molecule has 0 fully saturated rings. The van der Waals surface area contributed by atoms with Gasteiger partial charge in [0, 0.05) is 11.8 Å². The van der Waals surface area contributed by atoms with Crippen LogP contribution in [0.25, 0.3) is 11.1 Å². The molecule has 1 aromatic carbocycles. The summed E-state index contributed by atoms with van der Waals surface area (Å²) < 4.78 is 76.7. The van der Waals surface area contributed by atoms with Gasteiger partial charge in [-0.05, 0) is 17.7 Å². The highest BCUT2D eigenvalue weighted by Crippen LogP contribution is 2.40. The minimum Gasteiger partial charge on any atom is -0.243 e. The number of hydrogen-bond acceptors (Lipinski definition) is 1. The average molecular weight is 326 g/mol. The van der Waals surface area contributed by atoms with Gasteiger partial charge in [-0.3, -0.25) is 0 Å². The van der Waals surface area contributed by atoms with Crippen LogP contribution in [0.3, 0.4) is 0 Å². The van der Waals surface area contributed by atoms with Gasteiger partial charge in [0.1, 0.15) is 5.15 Å². The lowest BCUT2D eigenvalue weighted by atomic mass is 9.99. The fourth-order valence-corrected chi connectivity index (χ4v) is 1.96. The van der Waals surface area contributed by atoms with Gasteiger partial charge in [-0.2, -0.15) is 26.3 Å². The second-order valence-corrected chi connectivity index (χ2v) is 4.46. The second kappa shape index (κ2) is 5.22. The minimum atomic E-state index is -4.72. The zero-order chi connectivity index (χ0) is 15.8. The summed E-state index contributed by atoms with van der Waals surface area (Å²) in [6.45, 7) is 0. The van der Waals surface area contributed by atoms with Crippen LogP contribution in [0.2, 0.25) is 5.15 Å². The van der Waals surface area contributed by atoms with Gasteiger partial charge in [0.15, 0.2) is 0 Å². The molecule has 8 heteroatoms. The van der Waals surface area contributed by atoms with Gasteiger partial charge >= 0.3 is 12.4 Å². The third kappa shape index (κ3) is 3.29. The van der Waals surface area contributed by atoms with Crippen LogP contribution in [0.5, 0.6) is 0 Å². The monoisotopic (exact) mass is 325 g/mol. The van der Waals surface area contributed by atoms with Crippen molar-refractivity contribution in [3.05, 3.63) is 52.8 Å². The molecule has 0 aliphatic rings. The highest BCUT2D eigenvalue weighted by Gasteiger charge is 2.35. The van der Waals surface area contributed by atoms with Crippen molar-refractivity contribution < 1.29 is 26.3 Å². The van der Waals surface area contributed by atoms with Crippen LogP contribution < -0.4 is 0 Å². The van der Waals surface area contributed by atoms with Crippen LogP contribution in [0.1, 0.15) is 11.1 Å². The van der Waals surface area contributed by atoms with E-state index < -0.39 is 39.8 Å². The second-order valence-electron chi connectivity index (χ2n) is 4.10. The molecule has 0 saturated heterocycles. The summed E-state index contributed by atoms with van der Waals surface area (Å²) in [4.78, 5) is 3.32.